The largest absolute Gasteiger partial charge is 0.325 e. The Labute approximate surface area is 131 Å². The smallest absolute Gasteiger partial charge is 0.242 e. The van der Waals surface area contributed by atoms with Gasteiger partial charge in [-0.2, -0.15) is 0 Å². The molecule has 0 aliphatic carbocycles. The summed E-state index contributed by atoms with van der Waals surface area (Å²) in [5, 5.41) is 1.48. The maximum absolute atomic E-state index is 12.5. The molecule has 0 spiro atoms. The van der Waals surface area contributed by atoms with Crippen molar-refractivity contribution in [1.82, 2.24) is 0 Å². The maximum atomic E-state index is 12.5. The van der Waals surface area contributed by atoms with Gasteiger partial charge in [-0.05, 0) is 45.0 Å². The molecular weight excluding hydrogens is 298 g/mol. The van der Waals surface area contributed by atoms with Gasteiger partial charge in [-0.3, -0.25) is 4.79 Å². The molecule has 0 bridgehead atoms. The van der Waals surface area contributed by atoms with Crippen LogP contribution >= 0.6 is 0 Å². The fourth-order valence-corrected chi connectivity index (χ4v) is 3.22. The van der Waals surface area contributed by atoms with E-state index in [1.165, 1.54) is 19.1 Å². The molecule has 2 aromatic rings. The zero-order valence-electron chi connectivity index (χ0n) is 12.8. The van der Waals surface area contributed by atoms with Gasteiger partial charge in [0.25, 0.3) is 0 Å². The van der Waals surface area contributed by atoms with Crippen LogP contribution in [-0.2, 0) is 14.6 Å². The lowest BCUT2D eigenvalue weighted by Crippen LogP contribution is -2.32. The van der Waals surface area contributed by atoms with E-state index in [0.717, 1.165) is 11.1 Å². The Morgan fingerprint density at radius 3 is 1.86 bits per heavy atom. The number of hydrogen-bond acceptors (Lipinski definition) is 3. The van der Waals surface area contributed by atoms with Gasteiger partial charge < -0.3 is 5.32 Å². The van der Waals surface area contributed by atoms with E-state index in [0.29, 0.717) is 5.69 Å². The first-order chi connectivity index (χ1) is 10.3. The number of amides is 1. The molecule has 0 saturated heterocycles. The molecule has 0 aliphatic rings. The summed E-state index contributed by atoms with van der Waals surface area (Å²) in [5.74, 6) is -0.538. The first-order valence-electron chi connectivity index (χ1n) is 6.99. The Morgan fingerprint density at radius 2 is 1.36 bits per heavy atom. The summed E-state index contributed by atoms with van der Waals surface area (Å²) in [6, 6.07) is 13.7. The lowest BCUT2D eigenvalue weighted by atomic mass is 10.2. The molecular formula is C17H19NO3S. The Balaban J connectivity index is 2.18. The normalized spacial score (nSPS) is 12.7. The highest BCUT2D eigenvalue weighted by atomic mass is 32.2. The standard InChI is InChI=1S/C17H19NO3S/c1-12-4-8-15(9-5-12)18-17(19)14(3)22(20,21)16-10-6-13(2)7-11-16/h4-11,14H,1-3H3,(H,18,19). The summed E-state index contributed by atoms with van der Waals surface area (Å²) in [6.07, 6.45) is 0. The van der Waals surface area contributed by atoms with Gasteiger partial charge in [0.2, 0.25) is 5.91 Å². The second-order valence-corrected chi connectivity index (χ2v) is 7.62. The van der Waals surface area contributed by atoms with Crippen molar-refractivity contribution in [2.45, 2.75) is 30.9 Å². The van der Waals surface area contributed by atoms with Crippen LogP contribution in [0.25, 0.3) is 0 Å². The Kier molecular flexibility index (Phi) is 4.66. The summed E-state index contributed by atoms with van der Waals surface area (Å²) < 4.78 is 24.9. The van der Waals surface area contributed by atoms with E-state index in [1.807, 2.05) is 26.0 Å². The zero-order chi connectivity index (χ0) is 16.3. The molecule has 4 nitrogen and oxygen atoms in total. The fourth-order valence-electron chi connectivity index (χ4n) is 1.95. The summed E-state index contributed by atoms with van der Waals surface area (Å²) in [7, 11) is -3.70. The molecule has 0 heterocycles. The molecule has 1 unspecified atom stereocenters. The quantitative estimate of drug-likeness (QED) is 0.942. The zero-order valence-corrected chi connectivity index (χ0v) is 13.6. The van der Waals surface area contributed by atoms with Crippen molar-refractivity contribution in [3.8, 4) is 0 Å². The van der Waals surface area contributed by atoms with Crippen molar-refractivity contribution < 1.29 is 13.2 Å². The van der Waals surface area contributed by atoms with Crippen molar-refractivity contribution >= 4 is 21.4 Å². The number of hydrogen-bond donors (Lipinski definition) is 1. The minimum absolute atomic E-state index is 0.157. The third kappa shape index (κ3) is 3.54. The third-order valence-corrected chi connectivity index (χ3v) is 5.58. The number of anilines is 1. The average molecular weight is 317 g/mol. The topological polar surface area (TPSA) is 63.2 Å². The highest BCUT2D eigenvalue weighted by Crippen LogP contribution is 2.18. The summed E-state index contributed by atoms with van der Waals surface area (Å²) >= 11 is 0. The van der Waals surface area contributed by atoms with E-state index in [1.54, 1.807) is 24.3 Å². The lowest BCUT2D eigenvalue weighted by Gasteiger charge is -2.13. The number of nitrogens with one attached hydrogen (secondary N) is 1. The predicted molar refractivity (Wildman–Crippen MR) is 87.6 cm³/mol. The molecule has 5 heteroatoms. The van der Waals surface area contributed by atoms with Crippen molar-refractivity contribution in [2.24, 2.45) is 0 Å². The molecule has 1 amide bonds. The Morgan fingerprint density at radius 1 is 0.909 bits per heavy atom. The number of aryl methyl sites for hydroxylation is 2. The van der Waals surface area contributed by atoms with Crippen LogP contribution in [0.4, 0.5) is 5.69 Å². The maximum Gasteiger partial charge on any atom is 0.242 e. The van der Waals surface area contributed by atoms with Gasteiger partial charge in [0.15, 0.2) is 9.84 Å². The number of carbonyl (C=O) groups excluding carboxylic acids is 1. The first kappa shape index (κ1) is 16.2. The van der Waals surface area contributed by atoms with E-state index in [9.17, 15) is 13.2 Å². The van der Waals surface area contributed by atoms with Gasteiger partial charge in [0, 0.05) is 5.69 Å². The first-order valence-corrected chi connectivity index (χ1v) is 8.53. The van der Waals surface area contributed by atoms with E-state index >= 15 is 0 Å². The van der Waals surface area contributed by atoms with Gasteiger partial charge in [-0.25, -0.2) is 8.42 Å². The molecule has 0 radical (unpaired) electrons. The summed E-state index contributed by atoms with van der Waals surface area (Å²) in [4.78, 5) is 12.4. The minimum Gasteiger partial charge on any atom is -0.325 e. The Bertz CT molecular complexity index is 763. The SMILES string of the molecule is Cc1ccc(NC(=O)C(C)S(=O)(=O)c2ccc(C)cc2)cc1. The van der Waals surface area contributed by atoms with Crippen molar-refractivity contribution in [1.29, 1.82) is 0 Å². The average Bonchev–Trinajstić information content (AvgIpc) is 2.49. The van der Waals surface area contributed by atoms with E-state index in [-0.39, 0.29) is 4.90 Å². The van der Waals surface area contributed by atoms with E-state index in [2.05, 4.69) is 5.32 Å². The molecule has 2 aromatic carbocycles. The van der Waals surface area contributed by atoms with Crippen LogP contribution in [0.1, 0.15) is 18.1 Å². The van der Waals surface area contributed by atoms with E-state index < -0.39 is 21.0 Å². The van der Waals surface area contributed by atoms with Gasteiger partial charge in [-0.1, -0.05) is 35.4 Å². The van der Waals surface area contributed by atoms with Crippen LogP contribution in [0, 0.1) is 13.8 Å². The monoisotopic (exact) mass is 317 g/mol. The predicted octanol–water partition coefficient (Wildman–Crippen LogP) is 3.10. The molecule has 1 N–H and O–H groups in total. The van der Waals surface area contributed by atoms with Gasteiger partial charge >= 0.3 is 0 Å². The third-order valence-electron chi connectivity index (χ3n) is 3.50. The van der Waals surface area contributed by atoms with Crippen LogP contribution in [0.15, 0.2) is 53.4 Å². The van der Waals surface area contributed by atoms with Crippen LogP contribution in [-0.4, -0.2) is 19.6 Å². The van der Waals surface area contributed by atoms with Gasteiger partial charge in [0.1, 0.15) is 5.25 Å². The number of carbonyl (C=O) groups is 1. The number of rotatable bonds is 4. The molecule has 0 fully saturated rings. The fraction of sp³-hybridized carbons (Fsp3) is 0.235. The van der Waals surface area contributed by atoms with E-state index in [4.69, 9.17) is 0 Å². The summed E-state index contributed by atoms with van der Waals surface area (Å²) in [6.45, 7) is 5.22. The van der Waals surface area contributed by atoms with Gasteiger partial charge in [-0.15, -0.1) is 0 Å². The van der Waals surface area contributed by atoms with Crippen LogP contribution < -0.4 is 5.32 Å². The van der Waals surface area contributed by atoms with Crippen LogP contribution in [0.2, 0.25) is 0 Å². The molecule has 116 valence electrons. The second-order valence-electron chi connectivity index (χ2n) is 5.36. The van der Waals surface area contributed by atoms with Crippen LogP contribution in [0.3, 0.4) is 0 Å². The van der Waals surface area contributed by atoms with Crippen LogP contribution in [0.5, 0.6) is 0 Å². The lowest BCUT2D eigenvalue weighted by molar-refractivity contribution is -0.115. The molecule has 0 saturated carbocycles. The van der Waals surface area contributed by atoms with Crippen molar-refractivity contribution in [3.05, 3.63) is 59.7 Å². The Hall–Kier alpha value is -2.14. The second kappa shape index (κ2) is 6.32. The molecule has 22 heavy (non-hydrogen) atoms. The number of benzene rings is 2. The molecule has 2 rings (SSSR count). The molecule has 0 aromatic heterocycles. The highest BCUT2D eigenvalue weighted by Gasteiger charge is 2.29. The minimum atomic E-state index is -3.70. The van der Waals surface area contributed by atoms with Crippen molar-refractivity contribution in [2.75, 3.05) is 5.32 Å². The van der Waals surface area contributed by atoms with Crippen molar-refractivity contribution in [3.63, 3.8) is 0 Å². The molecule has 0 aliphatic heterocycles. The molecule has 1 atom stereocenters. The number of sulfone groups is 1. The highest BCUT2D eigenvalue weighted by molar-refractivity contribution is 7.92. The summed E-state index contributed by atoms with van der Waals surface area (Å²) in [5.41, 5.74) is 2.62. The van der Waals surface area contributed by atoms with Gasteiger partial charge in [0.05, 0.1) is 4.90 Å².